The fourth-order valence-electron chi connectivity index (χ4n) is 2.27. The maximum atomic E-state index is 12.1. The number of carbonyl (C=O) groups is 1. The molecule has 5 nitrogen and oxygen atoms in total. The van der Waals surface area contributed by atoms with Crippen molar-refractivity contribution in [3.8, 4) is 0 Å². The summed E-state index contributed by atoms with van der Waals surface area (Å²) in [6, 6.07) is 5.68. The zero-order valence-corrected chi connectivity index (χ0v) is 11.6. The first-order chi connectivity index (χ1) is 9.22. The first-order valence-corrected chi connectivity index (χ1v) is 7.28. The normalized spacial score (nSPS) is 16.8. The summed E-state index contributed by atoms with van der Waals surface area (Å²) in [7, 11) is 0. The topological polar surface area (TPSA) is 58.1 Å². The summed E-state index contributed by atoms with van der Waals surface area (Å²) >= 11 is 1.36. The van der Waals surface area contributed by atoms with Crippen molar-refractivity contribution in [2.45, 2.75) is 19.8 Å². The van der Waals surface area contributed by atoms with Crippen LogP contribution >= 0.6 is 11.5 Å². The molecule has 6 heteroatoms. The average Bonchev–Trinajstić information content (AvgIpc) is 2.87. The van der Waals surface area contributed by atoms with Crippen LogP contribution in [-0.2, 0) is 0 Å². The quantitative estimate of drug-likeness (QED) is 0.871. The van der Waals surface area contributed by atoms with E-state index in [4.69, 9.17) is 0 Å². The van der Waals surface area contributed by atoms with Crippen molar-refractivity contribution < 1.29 is 4.79 Å². The Morgan fingerprint density at radius 3 is 3.00 bits per heavy atom. The Morgan fingerprint density at radius 1 is 1.42 bits per heavy atom. The molecule has 2 heterocycles. The lowest BCUT2D eigenvalue weighted by molar-refractivity contribution is 0.186. The number of piperidine rings is 1. The van der Waals surface area contributed by atoms with Crippen LogP contribution < -0.4 is 5.32 Å². The zero-order valence-electron chi connectivity index (χ0n) is 10.8. The molecule has 1 aliphatic heterocycles. The van der Waals surface area contributed by atoms with Crippen LogP contribution in [0, 0.1) is 5.92 Å². The fourth-order valence-corrected chi connectivity index (χ4v) is 2.81. The van der Waals surface area contributed by atoms with Gasteiger partial charge in [-0.05, 0) is 48.5 Å². The molecular formula is C13H16N4OS. The van der Waals surface area contributed by atoms with Gasteiger partial charge in [-0.15, -0.1) is 5.10 Å². The number of likely N-dealkylation sites (tertiary alicyclic amines) is 1. The maximum absolute atomic E-state index is 12.1. The van der Waals surface area contributed by atoms with Gasteiger partial charge in [0, 0.05) is 18.8 Å². The lowest BCUT2D eigenvalue weighted by Crippen LogP contribution is -2.40. The molecule has 1 aromatic carbocycles. The number of anilines is 1. The Balaban J connectivity index is 1.68. The van der Waals surface area contributed by atoms with Crippen molar-refractivity contribution in [1.29, 1.82) is 0 Å². The molecule has 0 atom stereocenters. The van der Waals surface area contributed by atoms with Gasteiger partial charge in [0.05, 0.1) is 4.70 Å². The maximum Gasteiger partial charge on any atom is 0.321 e. The van der Waals surface area contributed by atoms with Gasteiger partial charge in [0.2, 0.25) is 0 Å². The van der Waals surface area contributed by atoms with E-state index in [1.54, 1.807) is 0 Å². The smallest absolute Gasteiger partial charge is 0.321 e. The molecular weight excluding hydrogens is 260 g/mol. The highest BCUT2D eigenvalue weighted by Crippen LogP contribution is 2.21. The molecule has 0 aliphatic carbocycles. The van der Waals surface area contributed by atoms with Crippen LogP contribution in [0.2, 0.25) is 0 Å². The van der Waals surface area contributed by atoms with E-state index in [1.807, 2.05) is 23.1 Å². The number of nitrogens with one attached hydrogen (secondary N) is 1. The molecule has 0 saturated carbocycles. The van der Waals surface area contributed by atoms with E-state index in [1.165, 1.54) is 11.5 Å². The van der Waals surface area contributed by atoms with Gasteiger partial charge in [-0.3, -0.25) is 0 Å². The monoisotopic (exact) mass is 276 g/mol. The van der Waals surface area contributed by atoms with Crippen molar-refractivity contribution in [3.63, 3.8) is 0 Å². The standard InChI is InChI=1S/C13H16N4OS/c1-9-4-6-17(7-5-9)13(18)14-10-2-3-12-11(8-10)15-16-19-12/h2-3,8-9H,4-7H2,1H3,(H,14,18). The summed E-state index contributed by atoms with van der Waals surface area (Å²) in [5.74, 6) is 0.724. The van der Waals surface area contributed by atoms with E-state index in [-0.39, 0.29) is 6.03 Å². The second-order valence-corrected chi connectivity index (χ2v) is 5.84. The van der Waals surface area contributed by atoms with Crippen molar-refractivity contribution in [3.05, 3.63) is 18.2 Å². The largest absolute Gasteiger partial charge is 0.325 e. The Morgan fingerprint density at radius 2 is 2.21 bits per heavy atom. The Hall–Kier alpha value is -1.69. The Bertz CT molecular complexity index is 589. The van der Waals surface area contributed by atoms with E-state index in [2.05, 4.69) is 21.8 Å². The number of hydrogen-bond acceptors (Lipinski definition) is 4. The van der Waals surface area contributed by atoms with Gasteiger partial charge in [0.25, 0.3) is 0 Å². The molecule has 1 saturated heterocycles. The highest BCUT2D eigenvalue weighted by molar-refractivity contribution is 7.12. The third-order valence-corrected chi connectivity index (χ3v) is 4.27. The van der Waals surface area contributed by atoms with Crippen LogP contribution in [-0.4, -0.2) is 33.6 Å². The van der Waals surface area contributed by atoms with E-state index in [0.29, 0.717) is 0 Å². The minimum atomic E-state index is -0.0190. The molecule has 100 valence electrons. The Kier molecular flexibility index (Phi) is 3.33. The van der Waals surface area contributed by atoms with Crippen molar-refractivity contribution in [2.24, 2.45) is 5.92 Å². The number of nitrogens with zero attached hydrogens (tertiary/aromatic N) is 3. The Labute approximate surface area is 115 Å². The van der Waals surface area contributed by atoms with Crippen LogP contribution in [0.1, 0.15) is 19.8 Å². The molecule has 2 aromatic rings. The van der Waals surface area contributed by atoms with Crippen LogP contribution in [0.25, 0.3) is 10.2 Å². The summed E-state index contributed by atoms with van der Waals surface area (Å²) in [6.07, 6.45) is 2.17. The first kappa shape index (κ1) is 12.3. The number of fused-ring (bicyclic) bond motifs is 1. The highest BCUT2D eigenvalue weighted by Gasteiger charge is 2.20. The number of benzene rings is 1. The second kappa shape index (κ2) is 5.13. The number of urea groups is 1. The van der Waals surface area contributed by atoms with Crippen LogP contribution in [0.4, 0.5) is 10.5 Å². The fraction of sp³-hybridized carbons (Fsp3) is 0.462. The third-order valence-electron chi connectivity index (χ3n) is 3.57. The molecule has 1 aromatic heterocycles. The predicted molar refractivity (Wildman–Crippen MR) is 76.4 cm³/mol. The number of aromatic nitrogens is 2. The molecule has 1 aliphatic rings. The van der Waals surface area contributed by atoms with Crippen LogP contribution in [0.15, 0.2) is 18.2 Å². The summed E-state index contributed by atoms with van der Waals surface area (Å²) in [5, 5.41) is 6.94. The van der Waals surface area contributed by atoms with Gasteiger partial charge in [-0.2, -0.15) is 0 Å². The van der Waals surface area contributed by atoms with Gasteiger partial charge in [-0.1, -0.05) is 11.4 Å². The van der Waals surface area contributed by atoms with Crippen molar-refractivity contribution in [2.75, 3.05) is 18.4 Å². The number of hydrogen-bond donors (Lipinski definition) is 1. The SMILES string of the molecule is CC1CCN(C(=O)Nc2ccc3snnc3c2)CC1. The first-order valence-electron chi connectivity index (χ1n) is 6.50. The molecule has 3 rings (SSSR count). The molecule has 0 spiro atoms. The van der Waals surface area contributed by atoms with E-state index < -0.39 is 0 Å². The van der Waals surface area contributed by atoms with Crippen molar-refractivity contribution in [1.82, 2.24) is 14.5 Å². The number of carbonyl (C=O) groups excluding carboxylic acids is 1. The second-order valence-electron chi connectivity index (χ2n) is 5.06. The van der Waals surface area contributed by atoms with Gasteiger partial charge in [0.15, 0.2) is 0 Å². The molecule has 1 N–H and O–H groups in total. The van der Waals surface area contributed by atoms with E-state index in [0.717, 1.165) is 47.8 Å². The molecule has 19 heavy (non-hydrogen) atoms. The summed E-state index contributed by atoms with van der Waals surface area (Å²) in [6.45, 7) is 3.92. The van der Waals surface area contributed by atoms with Gasteiger partial charge in [0.1, 0.15) is 5.52 Å². The molecule has 0 radical (unpaired) electrons. The third kappa shape index (κ3) is 2.68. The zero-order chi connectivity index (χ0) is 13.2. The number of rotatable bonds is 1. The lowest BCUT2D eigenvalue weighted by Gasteiger charge is -2.30. The van der Waals surface area contributed by atoms with Crippen molar-refractivity contribution >= 4 is 33.5 Å². The van der Waals surface area contributed by atoms with Gasteiger partial charge < -0.3 is 10.2 Å². The van der Waals surface area contributed by atoms with Gasteiger partial charge >= 0.3 is 6.03 Å². The summed E-state index contributed by atoms with van der Waals surface area (Å²) < 4.78 is 4.92. The minimum Gasteiger partial charge on any atom is -0.325 e. The molecule has 1 fully saturated rings. The minimum absolute atomic E-state index is 0.0190. The van der Waals surface area contributed by atoms with Crippen LogP contribution in [0.5, 0.6) is 0 Å². The highest BCUT2D eigenvalue weighted by atomic mass is 32.1. The summed E-state index contributed by atoms with van der Waals surface area (Å²) in [5.41, 5.74) is 1.61. The van der Waals surface area contributed by atoms with Gasteiger partial charge in [-0.25, -0.2) is 4.79 Å². The molecule has 2 amide bonds. The molecule has 0 bridgehead atoms. The summed E-state index contributed by atoms with van der Waals surface area (Å²) in [4.78, 5) is 14.0. The average molecular weight is 276 g/mol. The predicted octanol–water partition coefficient (Wildman–Crippen LogP) is 2.96. The molecule has 0 unspecified atom stereocenters. The lowest BCUT2D eigenvalue weighted by atomic mass is 10.00. The van der Waals surface area contributed by atoms with Crippen LogP contribution in [0.3, 0.4) is 0 Å². The number of amides is 2. The van der Waals surface area contributed by atoms with E-state index >= 15 is 0 Å². The van der Waals surface area contributed by atoms with E-state index in [9.17, 15) is 4.79 Å².